The number of halogens is 1. The lowest BCUT2D eigenvalue weighted by molar-refractivity contribution is 0.103. The van der Waals surface area contributed by atoms with Crippen molar-refractivity contribution in [3.8, 4) is 0 Å². The van der Waals surface area contributed by atoms with Gasteiger partial charge in [-0.3, -0.25) is 4.79 Å². The van der Waals surface area contributed by atoms with Crippen LogP contribution in [0.3, 0.4) is 0 Å². The van der Waals surface area contributed by atoms with Crippen molar-refractivity contribution in [1.29, 1.82) is 0 Å². The number of anilines is 1. The maximum absolute atomic E-state index is 11.7. The Bertz CT molecular complexity index is 511. The van der Waals surface area contributed by atoms with E-state index in [0.717, 1.165) is 15.7 Å². The van der Waals surface area contributed by atoms with E-state index in [2.05, 4.69) is 25.6 Å². The van der Waals surface area contributed by atoms with Crippen LogP contribution in [0, 0.1) is 6.92 Å². The third-order valence-electron chi connectivity index (χ3n) is 2.08. The number of rotatable bonds is 2. The summed E-state index contributed by atoms with van der Waals surface area (Å²) < 4.78 is 4.92. The number of nitrogens with one attached hydrogen (secondary N) is 1. The first-order valence-corrected chi connectivity index (χ1v) is 6.21. The van der Waals surface area contributed by atoms with Gasteiger partial charge in [0.2, 0.25) is 0 Å². The number of nitrogens with zero attached hydrogens (tertiary/aromatic N) is 1. The molecule has 1 heterocycles. The molecule has 0 spiro atoms. The molecule has 1 N–H and O–H groups in total. The first-order valence-electron chi connectivity index (χ1n) is 4.65. The third kappa shape index (κ3) is 2.48. The molecular formula is C11H9BrN2OS. The van der Waals surface area contributed by atoms with Crippen molar-refractivity contribution in [2.45, 2.75) is 6.92 Å². The highest BCUT2D eigenvalue weighted by atomic mass is 79.9. The second-order valence-electron chi connectivity index (χ2n) is 3.29. The van der Waals surface area contributed by atoms with Crippen LogP contribution < -0.4 is 5.32 Å². The predicted octanol–water partition coefficient (Wildman–Crippen LogP) is 3.47. The van der Waals surface area contributed by atoms with Gasteiger partial charge >= 0.3 is 0 Å². The summed E-state index contributed by atoms with van der Waals surface area (Å²) in [4.78, 5) is 12.3. The summed E-state index contributed by atoms with van der Waals surface area (Å²) >= 11 is 4.60. The highest BCUT2D eigenvalue weighted by Gasteiger charge is 2.07. The molecule has 0 saturated carbocycles. The van der Waals surface area contributed by atoms with Crippen LogP contribution in [0.15, 0.2) is 34.9 Å². The fourth-order valence-electron chi connectivity index (χ4n) is 1.25. The smallest absolute Gasteiger partial charge is 0.267 e. The molecule has 0 radical (unpaired) electrons. The van der Waals surface area contributed by atoms with Crippen LogP contribution >= 0.6 is 27.5 Å². The molecule has 0 aliphatic carbocycles. The standard InChI is InChI=1S/C11H9BrN2OS/c1-7-6-8(2-3-9(7)12)14-11(15)10-4-5-13-16-10/h2-6H,1H3,(H,14,15). The van der Waals surface area contributed by atoms with Crippen molar-refractivity contribution in [2.75, 3.05) is 5.32 Å². The zero-order valence-electron chi connectivity index (χ0n) is 8.53. The normalized spacial score (nSPS) is 10.1. The predicted molar refractivity (Wildman–Crippen MR) is 68.9 cm³/mol. The fraction of sp³-hybridized carbons (Fsp3) is 0.0909. The van der Waals surface area contributed by atoms with Crippen LogP contribution in [-0.2, 0) is 0 Å². The molecule has 0 aliphatic heterocycles. The molecule has 1 aromatic heterocycles. The Labute approximate surface area is 106 Å². The van der Waals surface area contributed by atoms with E-state index in [9.17, 15) is 4.79 Å². The number of carbonyl (C=O) groups is 1. The van der Waals surface area contributed by atoms with E-state index >= 15 is 0 Å². The van der Waals surface area contributed by atoms with Crippen molar-refractivity contribution < 1.29 is 4.79 Å². The number of hydrogen-bond donors (Lipinski definition) is 1. The number of aromatic nitrogens is 1. The summed E-state index contributed by atoms with van der Waals surface area (Å²) in [5.74, 6) is -0.121. The Morgan fingerprint density at radius 1 is 1.44 bits per heavy atom. The highest BCUT2D eigenvalue weighted by Crippen LogP contribution is 2.20. The lowest BCUT2D eigenvalue weighted by Crippen LogP contribution is -2.10. The summed E-state index contributed by atoms with van der Waals surface area (Å²) in [5, 5.41) is 2.82. The van der Waals surface area contributed by atoms with Gasteiger partial charge in [0, 0.05) is 16.4 Å². The molecule has 0 bridgehead atoms. The van der Waals surface area contributed by atoms with Gasteiger partial charge in [-0.2, -0.15) is 0 Å². The van der Waals surface area contributed by atoms with Gasteiger partial charge < -0.3 is 5.32 Å². The SMILES string of the molecule is Cc1cc(NC(=O)c2ccns2)ccc1Br. The number of aryl methyl sites for hydroxylation is 1. The molecule has 1 amide bonds. The number of benzene rings is 1. The topological polar surface area (TPSA) is 42.0 Å². The lowest BCUT2D eigenvalue weighted by atomic mass is 10.2. The second-order valence-corrected chi connectivity index (χ2v) is 4.98. The van der Waals surface area contributed by atoms with Gasteiger partial charge in [0.05, 0.1) is 0 Å². The molecule has 16 heavy (non-hydrogen) atoms. The van der Waals surface area contributed by atoms with E-state index < -0.39 is 0 Å². The molecule has 0 unspecified atom stereocenters. The molecule has 0 fully saturated rings. The minimum absolute atomic E-state index is 0.121. The van der Waals surface area contributed by atoms with E-state index in [4.69, 9.17) is 0 Å². The zero-order valence-corrected chi connectivity index (χ0v) is 10.9. The molecule has 2 rings (SSSR count). The molecule has 2 aromatic rings. The Kier molecular flexibility index (Phi) is 3.36. The lowest BCUT2D eigenvalue weighted by Gasteiger charge is -2.05. The van der Waals surface area contributed by atoms with Gasteiger partial charge in [0.25, 0.3) is 5.91 Å². The van der Waals surface area contributed by atoms with Crippen molar-refractivity contribution in [1.82, 2.24) is 4.37 Å². The minimum Gasteiger partial charge on any atom is -0.321 e. The van der Waals surface area contributed by atoms with Crippen molar-refractivity contribution in [3.05, 3.63) is 45.4 Å². The highest BCUT2D eigenvalue weighted by molar-refractivity contribution is 9.10. The van der Waals surface area contributed by atoms with Crippen LogP contribution in [0.25, 0.3) is 0 Å². The zero-order chi connectivity index (χ0) is 11.5. The van der Waals surface area contributed by atoms with Gasteiger partial charge in [-0.15, -0.1) is 0 Å². The van der Waals surface area contributed by atoms with Crippen molar-refractivity contribution in [2.24, 2.45) is 0 Å². The number of hydrogen-bond acceptors (Lipinski definition) is 3. The molecule has 3 nitrogen and oxygen atoms in total. The molecule has 1 aromatic carbocycles. The van der Waals surface area contributed by atoms with Crippen LogP contribution in [0.1, 0.15) is 15.2 Å². The molecular weight excluding hydrogens is 288 g/mol. The van der Waals surface area contributed by atoms with Gasteiger partial charge in [-0.1, -0.05) is 15.9 Å². The summed E-state index contributed by atoms with van der Waals surface area (Å²) in [7, 11) is 0. The maximum atomic E-state index is 11.7. The van der Waals surface area contributed by atoms with E-state index in [1.165, 1.54) is 11.5 Å². The van der Waals surface area contributed by atoms with E-state index in [1.807, 2.05) is 25.1 Å². The van der Waals surface area contributed by atoms with Gasteiger partial charge in [-0.05, 0) is 48.3 Å². The Balaban J connectivity index is 2.15. The Morgan fingerprint density at radius 3 is 2.88 bits per heavy atom. The third-order valence-corrected chi connectivity index (χ3v) is 3.71. The van der Waals surface area contributed by atoms with Crippen LogP contribution in [0.4, 0.5) is 5.69 Å². The second kappa shape index (κ2) is 4.76. The first kappa shape index (κ1) is 11.3. The van der Waals surface area contributed by atoms with Gasteiger partial charge in [-0.25, -0.2) is 4.37 Å². The van der Waals surface area contributed by atoms with Crippen LogP contribution in [-0.4, -0.2) is 10.3 Å². The Hall–Kier alpha value is -1.20. The largest absolute Gasteiger partial charge is 0.321 e. The Morgan fingerprint density at radius 2 is 2.25 bits per heavy atom. The van der Waals surface area contributed by atoms with Crippen LogP contribution in [0.5, 0.6) is 0 Å². The molecule has 0 atom stereocenters. The summed E-state index contributed by atoms with van der Waals surface area (Å²) in [6.45, 7) is 1.98. The molecule has 0 saturated heterocycles. The van der Waals surface area contributed by atoms with E-state index in [0.29, 0.717) is 4.88 Å². The summed E-state index contributed by atoms with van der Waals surface area (Å²) in [5.41, 5.74) is 1.88. The summed E-state index contributed by atoms with van der Waals surface area (Å²) in [6, 6.07) is 7.39. The van der Waals surface area contributed by atoms with Crippen molar-refractivity contribution in [3.63, 3.8) is 0 Å². The van der Waals surface area contributed by atoms with E-state index in [1.54, 1.807) is 12.3 Å². The van der Waals surface area contributed by atoms with Gasteiger partial charge in [0.15, 0.2) is 0 Å². The number of amides is 1. The first-order chi connectivity index (χ1) is 7.66. The average Bonchev–Trinajstić information content (AvgIpc) is 2.77. The molecule has 0 aliphatic rings. The quantitative estimate of drug-likeness (QED) is 0.922. The maximum Gasteiger partial charge on any atom is 0.267 e. The molecule has 5 heteroatoms. The van der Waals surface area contributed by atoms with E-state index in [-0.39, 0.29) is 5.91 Å². The minimum atomic E-state index is -0.121. The average molecular weight is 297 g/mol. The molecule has 82 valence electrons. The number of carbonyl (C=O) groups excluding carboxylic acids is 1. The van der Waals surface area contributed by atoms with Crippen LogP contribution in [0.2, 0.25) is 0 Å². The monoisotopic (exact) mass is 296 g/mol. The summed E-state index contributed by atoms with van der Waals surface area (Å²) in [6.07, 6.45) is 1.62. The van der Waals surface area contributed by atoms with Crippen molar-refractivity contribution >= 4 is 39.1 Å². The van der Waals surface area contributed by atoms with Gasteiger partial charge in [0.1, 0.15) is 4.88 Å². The fourth-order valence-corrected chi connectivity index (χ4v) is 1.99.